The van der Waals surface area contributed by atoms with Gasteiger partial charge >= 0.3 is 0 Å². The molecule has 2 heteroatoms. The van der Waals surface area contributed by atoms with Gasteiger partial charge in [-0.1, -0.05) is 12.1 Å². The average molecular weight is 245 g/mol. The van der Waals surface area contributed by atoms with Crippen molar-refractivity contribution in [3.63, 3.8) is 0 Å². The van der Waals surface area contributed by atoms with E-state index in [1.807, 2.05) is 0 Å². The zero-order chi connectivity index (χ0) is 12.4. The van der Waals surface area contributed by atoms with E-state index >= 15 is 0 Å². The Morgan fingerprint density at radius 1 is 1.06 bits per heavy atom. The molecule has 2 aliphatic rings. The second kappa shape index (κ2) is 4.93. The minimum atomic E-state index is -0.0768. The molecule has 0 bridgehead atoms. The largest absolute Gasteiger partial charge is 0.486 e. The van der Waals surface area contributed by atoms with Crippen LogP contribution in [0.25, 0.3) is 0 Å². The summed E-state index contributed by atoms with van der Waals surface area (Å²) in [4.78, 5) is 0. The molecule has 0 aromatic heterocycles. The molecule has 2 N–H and O–H groups in total. The van der Waals surface area contributed by atoms with E-state index in [0.29, 0.717) is 6.54 Å². The van der Waals surface area contributed by atoms with Crippen LogP contribution in [-0.4, -0.2) is 12.1 Å². The Morgan fingerprint density at radius 3 is 2.61 bits per heavy atom. The van der Waals surface area contributed by atoms with Crippen LogP contribution in [0.5, 0.6) is 5.75 Å². The van der Waals surface area contributed by atoms with Gasteiger partial charge in [0, 0.05) is 6.54 Å². The highest BCUT2D eigenvalue weighted by Crippen LogP contribution is 2.37. The molecule has 1 aromatic carbocycles. The van der Waals surface area contributed by atoms with E-state index in [9.17, 15) is 0 Å². The second-order valence-corrected chi connectivity index (χ2v) is 5.80. The maximum atomic E-state index is 6.39. The summed E-state index contributed by atoms with van der Waals surface area (Å²) in [6.07, 6.45) is 9.74. The normalized spacial score (nSPS) is 21.6. The first-order valence-corrected chi connectivity index (χ1v) is 7.33. The smallest absolute Gasteiger partial charge is 0.123 e. The number of hydrogen-bond donors (Lipinski definition) is 1. The number of ether oxygens (including phenoxy) is 1. The highest BCUT2D eigenvalue weighted by Gasteiger charge is 2.35. The van der Waals surface area contributed by atoms with Gasteiger partial charge in [-0.05, 0) is 68.6 Å². The molecule has 18 heavy (non-hydrogen) atoms. The fraction of sp³-hybridized carbons (Fsp3) is 0.625. The molecule has 0 spiro atoms. The van der Waals surface area contributed by atoms with Gasteiger partial charge in [-0.25, -0.2) is 0 Å². The van der Waals surface area contributed by atoms with Crippen molar-refractivity contribution < 1.29 is 4.74 Å². The molecule has 98 valence electrons. The van der Waals surface area contributed by atoms with Crippen LogP contribution < -0.4 is 10.5 Å². The van der Waals surface area contributed by atoms with Gasteiger partial charge < -0.3 is 10.5 Å². The lowest BCUT2D eigenvalue weighted by molar-refractivity contribution is 0.0837. The van der Waals surface area contributed by atoms with Crippen LogP contribution in [0.15, 0.2) is 18.2 Å². The Bertz CT molecular complexity index is 421. The summed E-state index contributed by atoms with van der Waals surface area (Å²) in [6.45, 7) is 0.649. The molecule has 0 heterocycles. The van der Waals surface area contributed by atoms with E-state index in [0.717, 1.165) is 18.6 Å². The average Bonchev–Trinajstić information content (AvgIpc) is 2.88. The van der Waals surface area contributed by atoms with Gasteiger partial charge in [-0.3, -0.25) is 0 Å². The lowest BCUT2D eigenvalue weighted by atomic mass is 9.91. The molecule has 0 unspecified atom stereocenters. The lowest BCUT2D eigenvalue weighted by Gasteiger charge is -2.31. The maximum Gasteiger partial charge on any atom is 0.123 e. The van der Waals surface area contributed by atoms with E-state index in [1.54, 1.807) is 0 Å². The quantitative estimate of drug-likeness (QED) is 0.887. The van der Waals surface area contributed by atoms with Gasteiger partial charge in [-0.2, -0.15) is 0 Å². The lowest BCUT2D eigenvalue weighted by Crippen LogP contribution is -2.41. The summed E-state index contributed by atoms with van der Waals surface area (Å²) in [5.74, 6) is 1.11. The van der Waals surface area contributed by atoms with Crippen molar-refractivity contribution in [1.82, 2.24) is 0 Å². The van der Waals surface area contributed by atoms with Crippen molar-refractivity contribution in [3.8, 4) is 5.75 Å². The minimum Gasteiger partial charge on any atom is -0.486 e. The maximum absolute atomic E-state index is 6.39. The van der Waals surface area contributed by atoms with Crippen molar-refractivity contribution in [2.75, 3.05) is 6.54 Å². The summed E-state index contributed by atoms with van der Waals surface area (Å²) < 4.78 is 6.39. The van der Waals surface area contributed by atoms with Crippen LogP contribution in [0, 0.1) is 0 Å². The first-order chi connectivity index (χ1) is 8.83. The van der Waals surface area contributed by atoms with E-state index in [2.05, 4.69) is 18.2 Å². The Morgan fingerprint density at radius 2 is 1.83 bits per heavy atom. The molecular formula is C16H23NO. The number of fused-ring (bicyclic) bond motifs is 1. The fourth-order valence-corrected chi connectivity index (χ4v) is 3.44. The molecule has 3 rings (SSSR count). The summed E-state index contributed by atoms with van der Waals surface area (Å²) >= 11 is 0. The van der Waals surface area contributed by atoms with Gasteiger partial charge in [0.15, 0.2) is 0 Å². The van der Waals surface area contributed by atoms with Crippen LogP contribution in [-0.2, 0) is 12.8 Å². The van der Waals surface area contributed by atoms with E-state index < -0.39 is 0 Å². The third-order valence-corrected chi connectivity index (χ3v) is 4.57. The first-order valence-electron chi connectivity index (χ1n) is 7.33. The van der Waals surface area contributed by atoms with Gasteiger partial charge in [0.05, 0.1) is 0 Å². The van der Waals surface area contributed by atoms with Crippen molar-refractivity contribution in [2.24, 2.45) is 5.73 Å². The van der Waals surface area contributed by atoms with Crippen molar-refractivity contribution in [3.05, 3.63) is 29.3 Å². The first kappa shape index (κ1) is 12.0. The molecule has 0 aliphatic heterocycles. The summed E-state index contributed by atoms with van der Waals surface area (Å²) in [6, 6.07) is 6.53. The Hall–Kier alpha value is -1.02. The Labute approximate surface area is 110 Å². The van der Waals surface area contributed by atoms with E-state index in [1.165, 1.54) is 49.7 Å². The molecular weight excluding hydrogens is 222 g/mol. The van der Waals surface area contributed by atoms with E-state index in [-0.39, 0.29) is 5.60 Å². The molecule has 0 radical (unpaired) electrons. The third-order valence-electron chi connectivity index (χ3n) is 4.57. The van der Waals surface area contributed by atoms with Crippen LogP contribution >= 0.6 is 0 Å². The van der Waals surface area contributed by atoms with Gasteiger partial charge in [0.2, 0.25) is 0 Å². The van der Waals surface area contributed by atoms with Crippen LogP contribution in [0.4, 0.5) is 0 Å². The molecule has 0 amide bonds. The molecule has 1 fully saturated rings. The fourth-order valence-electron chi connectivity index (χ4n) is 3.44. The van der Waals surface area contributed by atoms with Crippen molar-refractivity contribution in [1.29, 1.82) is 0 Å². The minimum absolute atomic E-state index is 0.0768. The van der Waals surface area contributed by atoms with Crippen LogP contribution in [0.2, 0.25) is 0 Å². The molecule has 1 saturated carbocycles. The molecule has 2 aliphatic carbocycles. The van der Waals surface area contributed by atoms with Gasteiger partial charge in [0.25, 0.3) is 0 Å². The van der Waals surface area contributed by atoms with Crippen LogP contribution in [0.3, 0.4) is 0 Å². The highest BCUT2D eigenvalue weighted by atomic mass is 16.5. The number of rotatable bonds is 3. The summed E-state index contributed by atoms with van der Waals surface area (Å²) in [5, 5.41) is 0. The van der Waals surface area contributed by atoms with Crippen LogP contribution in [0.1, 0.15) is 49.7 Å². The topological polar surface area (TPSA) is 35.2 Å². The Kier molecular flexibility index (Phi) is 3.29. The van der Waals surface area contributed by atoms with Gasteiger partial charge in [-0.15, -0.1) is 0 Å². The number of aryl methyl sites for hydroxylation is 1. The standard InChI is InChI=1S/C16H23NO/c17-12-16(10-3-4-11-16)18-15-9-5-7-13-6-1-2-8-14(13)15/h5,7,9H,1-4,6,8,10-12,17H2. The summed E-state index contributed by atoms with van der Waals surface area (Å²) in [5.41, 5.74) is 8.83. The number of hydrogen-bond acceptors (Lipinski definition) is 2. The van der Waals surface area contributed by atoms with Crippen molar-refractivity contribution in [2.45, 2.75) is 57.0 Å². The molecule has 2 nitrogen and oxygen atoms in total. The number of nitrogens with two attached hydrogens (primary N) is 1. The third kappa shape index (κ3) is 2.14. The monoisotopic (exact) mass is 245 g/mol. The predicted octanol–water partition coefficient (Wildman–Crippen LogP) is 3.22. The predicted molar refractivity (Wildman–Crippen MR) is 74.0 cm³/mol. The molecule has 0 saturated heterocycles. The zero-order valence-electron chi connectivity index (χ0n) is 11.1. The molecule has 1 aromatic rings. The second-order valence-electron chi connectivity index (χ2n) is 5.80. The van der Waals surface area contributed by atoms with E-state index in [4.69, 9.17) is 10.5 Å². The van der Waals surface area contributed by atoms with Gasteiger partial charge in [0.1, 0.15) is 11.4 Å². The SMILES string of the molecule is NCC1(Oc2cccc3c2CCCC3)CCCC1. The zero-order valence-corrected chi connectivity index (χ0v) is 11.1. The highest BCUT2D eigenvalue weighted by molar-refractivity contribution is 5.42. The summed E-state index contributed by atoms with van der Waals surface area (Å²) in [7, 11) is 0. The van der Waals surface area contributed by atoms with Crippen molar-refractivity contribution >= 4 is 0 Å². The Balaban J connectivity index is 1.88. The molecule has 0 atom stereocenters. The number of benzene rings is 1.